The van der Waals surface area contributed by atoms with Crippen LogP contribution in [0.3, 0.4) is 0 Å². The van der Waals surface area contributed by atoms with Crippen molar-refractivity contribution in [1.82, 2.24) is 15.2 Å². The van der Waals surface area contributed by atoms with E-state index in [4.69, 9.17) is 5.73 Å². The van der Waals surface area contributed by atoms with Crippen LogP contribution in [0.25, 0.3) is 11.4 Å². The third kappa shape index (κ3) is 1.88. The van der Waals surface area contributed by atoms with Crippen LogP contribution >= 0.6 is 0 Å². The van der Waals surface area contributed by atoms with Crippen molar-refractivity contribution in [2.24, 2.45) is 0 Å². The van der Waals surface area contributed by atoms with Crippen LogP contribution < -0.4 is 5.73 Å². The van der Waals surface area contributed by atoms with E-state index < -0.39 is 0 Å². The van der Waals surface area contributed by atoms with Crippen molar-refractivity contribution in [3.05, 3.63) is 29.8 Å². The van der Waals surface area contributed by atoms with Crippen molar-refractivity contribution in [2.45, 2.75) is 19.8 Å². The Morgan fingerprint density at radius 3 is 2.69 bits per heavy atom. The maximum absolute atomic E-state index is 12.9. The van der Waals surface area contributed by atoms with Crippen LogP contribution in [0.15, 0.2) is 18.2 Å². The summed E-state index contributed by atoms with van der Waals surface area (Å²) in [5.74, 6) is 1.20. The highest BCUT2D eigenvalue weighted by Crippen LogP contribution is 2.24. The molecular formula is C11H13FN4. The first-order valence-corrected chi connectivity index (χ1v) is 5.05. The molecule has 16 heavy (non-hydrogen) atoms. The van der Waals surface area contributed by atoms with E-state index in [-0.39, 0.29) is 11.7 Å². The van der Waals surface area contributed by atoms with Crippen LogP contribution in [0.1, 0.15) is 25.6 Å². The summed E-state index contributed by atoms with van der Waals surface area (Å²) in [5.41, 5.74) is 6.69. The fraction of sp³-hybridized carbons (Fsp3) is 0.273. The number of hydrogen-bond donors (Lipinski definition) is 2. The summed E-state index contributed by atoms with van der Waals surface area (Å²) in [6.45, 7) is 4.02. The number of nitrogens with two attached hydrogens (primary N) is 1. The van der Waals surface area contributed by atoms with Gasteiger partial charge in [0.15, 0.2) is 5.82 Å². The Labute approximate surface area is 92.7 Å². The van der Waals surface area contributed by atoms with E-state index in [9.17, 15) is 4.39 Å². The lowest BCUT2D eigenvalue weighted by atomic mass is 10.1. The van der Waals surface area contributed by atoms with Crippen molar-refractivity contribution < 1.29 is 4.39 Å². The number of H-pyrrole nitrogens is 1. The van der Waals surface area contributed by atoms with E-state index in [1.807, 2.05) is 13.8 Å². The fourth-order valence-electron chi connectivity index (χ4n) is 1.39. The van der Waals surface area contributed by atoms with E-state index in [1.54, 1.807) is 6.07 Å². The average molecular weight is 220 g/mol. The van der Waals surface area contributed by atoms with Crippen molar-refractivity contribution in [2.75, 3.05) is 5.73 Å². The molecule has 5 heteroatoms. The molecule has 0 radical (unpaired) electrons. The lowest BCUT2D eigenvalue weighted by molar-refractivity contribution is 0.628. The molecule has 0 aliphatic carbocycles. The molecule has 0 spiro atoms. The number of aromatic amines is 1. The van der Waals surface area contributed by atoms with Gasteiger partial charge in [0, 0.05) is 17.2 Å². The molecule has 0 saturated carbocycles. The van der Waals surface area contributed by atoms with Gasteiger partial charge in [0.25, 0.3) is 0 Å². The molecule has 0 unspecified atom stereocenters. The number of rotatable bonds is 2. The summed E-state index contributed by atoms with van der Waals surface area (Å²) in [5, 5.41) is 6.89. The van der Waals surface area contributed by atoms with E-state index in [0.717, 1.165) is 5.82 Å². The fourth-order valence-corrected chi connectivity index (χ4v) is 1.39. The maximum atomic E-state index is 12.9. The van der Waals surface area contributed by atoms with Gasteiger partial charge in [-0.05, 0) is 18.2 Å². The summed E-state index contributed by atoms with van der Waals surface area (Å²) in [6, 6.07) is 4.19. The second kappa shape index (κ2) is 3.92. The maximum Gasteiger partial charge on any atom is 0.183 e. The van der Waals surface area contributed by atoms with Gasteiger partial charge in [0.2, 0.25) is 0 Å². The minimum atomic E-state index is -0.360. The number of hydrogen-bond acceptors (Lipinski definition) is 3. The number of nitrogen functional groups attached to an aromatic ring is 1. The van der Waals surface area contributed by atoms with Crippen molar-refractivity contribution in [3.8, 4) is 11.4 Å². The number of anilines is 1. The first-order valence-electron chi connectivity index (χ1n) is 5.05. The minimum Gasteiger partial charge on any atom is -0.398 e. The highest BCUT2D eigenvalue weighted by atomic mass is 19.1. The molecule has 0 bridgehead atoms. The topological polar surface area (TPSA) is 67.6 Å². The Morgan fingerprint density at radius 2 is 2.12 bits per heavy atom. The van der Waals surface area contributed by atoms with Gasteiger partial charge in [-0.2, -0.15) is 5.10 Å². The number of nitrogens with one attached hydrogen (secondary N) is 1. The Kier molecular flexibility index (Phi) is 2.60. The molecule has 0 aliphatic rings. The van der Waals surface area contributed by atoms with Crippen LogP contribution in [0.4, 0.5) is 10.1 Å². The van der Waals surface area contributed by atoms with Gasteiger partial charge in [0.05, 0.1) is 0 Å². The van der Waals surface area contributed by atoms with Gasteiger partial charge < -0.3 is 5.73 Å². The van der Waals surface area contributed by atoms with Gasteiger partial charge in [-0.15, -0.1) is 0 Å². The molecule has 0 fully saturated rings. The summed E-state index contributed by atoms with van der Waals surface area (Å²) in [7, 11) is 0. The highest BCUT2D eigenvalue weighted by Gasteiger charge is 2.11. The van der Waals surface area contributed by atoms with Gasteiger partial charge >= 0.3 is 0 Å². The SMILES string of the molecule is CC(C)c1nc(-c2ccc(F)cc2N)n[nH]1. The van der Waals surface area contributed by atoms with E-state index in [2.05, 4.69) is 15.2 Å². The second-order valence-electron chi connectivity index (χ2n) is 3.93. The number of aromatic nitrogens is 3. The van der Waals surface area contributed by atoms with Crippen LogP contribution in [0.5, 0.6) is 0 Å². The third-order valence-electron chi connectivity index (χ3n) is 2.30. The molecule has 1 heterocycles. The lowest BCUT2D eigenvalue weighted by Gasteiger charge is -2.00. The molecule has 2 rings (SSSR count). The quantitative estimate of drug-likeness (QED) is 0.763. The van der Waals surface area contributed by atoms with E-state index in [0.29, 0.717) is 17.1 Å². The molecule has 84 valence electrons. The normalized spacial score (nSPS) is 11.0. The average Bonchev–Trinajstić information content (AvgIpc) is 2.66. The summed E-state index contributed by atoms with van der Waals surface area (Å²) >= 11 is 0. The van der Waals surface area contributed by atoms with E-state index >= 15 is 0 Å². The molecule has 0 atom stereocenters. The zero-order valence-electron chi connectivity index (χ0n) is 9.16. The Hall–Kier alpha value is -1.91. The van der Waals surface area contributed by atoms with Crippen molar-refractivity contribution in [3.63, 3.8) is 0 Å². The number of benzene rings is 1. The zero-order valence-corrected chi connectivity index (χ0v) is 9.16. The Balaban J connectivity index is 2.42. The van der Waals surface area contributed by atoms with Gasteiger partial charge in [-0.1, -0.05) is 13.8 Å². The molecule has 1 aromatic carbocycles. The van der Waals surface area contributed by atoms with E-state index in [1.165, 1.54) is 12.1 Å². The van der Waals surface area contributed by atoms with Crippen molar-refractivity contribution in [1.29, 1.82) is 0 Å². The highest BCUT2D eigenvalue weighted by molar-refractivity contribution is 5.71. The molecule has 0 aliphatic heterocycles. The molecule has 2 aromatic rings. The van der Waals surface area contributed by atoms with Gasteiger partial charge in [0.1, 0.15) is 11.6 Å². The van der Waals surface area contributed by atoms with Gasteiger partial charge in [-0.25, -0.2) is 9.37 Å². The third-order valence-corrected chi connectivity index (χ3v) is 2.30. The summed E-state index contributed by atoms with van der Waals surface area (Å²) in [4.78, 5) is 4.30. The number of halogens is 1. The van der Waals surface area contributed by atoms with Crippen LogP contribution in [0.2, 0.25) is 0 Å². The van der Waals surface area contributed by atoms with Crippen LogP contribution in [0, 0.1) is 5.82 Å². The molecule has 4 nitrogen and oxygen atoms in total. The summed E-state index contributed by atoms with van der Waals surface area (Å²) < 4.78 is 12.9. The predicted octanol–water partition coefficient (Wildman–Crippen LogP) is 2.32. The Bertz CT molecular complexity index is 504. The second-order valence-corrected chi connectivity index (χ2v) is 3.93. The van der Waals surface area contributed by atoms with Gasteiger partial charge in [-0.3, -0.25) is 5.10 Å². The predicted molar refractivity (Wildman–Crippen MR) is 60.3 cm³/mol. The van der Waals surface area contributed by atoms with Crippen molar-refractivity contribution >= 4 is 5.69 Å². The molecule has 3 N–H and O–H groups in total. The lowest BCUT2D eigenvalue weighted by Crippen LogP contribution is -1.93. The summed E-state index contributed by atoms with van der Waals surface area (Å²) in [6.07, 6.45) is 0. The Morgan fingerprint density at radius 1 is 1.38 bits per heavy atom. The smallest absolute Gasteiger partial charge is 0.183 e. The largest absolute Gasteiger partial charge is 0.398 e. The van der Waals surface area contributed by atoms with Crippen LogP contribution in [-0.4, -0.2) is 15.2 Å². The monoisotopic (exact) mass is 220 g/mol. The molecule has 0 saturated heterocycles. The first-order chi connectivity index (χ1) is 7.58. The molecule has 1 aromatic heterocycles. The first kappa shape index (κ1) is 10.6. The van der Waals surface area contributed by atoms with Crippen LogP contribution in [-0.2, 0) is 0 Å². The standard InChI is InChI=1S/C11H13FN4/c1-6(2)10-14-11(16-15-10)8-4-3-7(12)5-9(8)13/h3-6H,13H2,1-2H3,(H,14,15,16). The zero-order chi connectivity index (χ0) is 11.7. The molecular weight excluding hydrogens is 207 g/mol. The number of nitrogens with zero attached hydrogens (tertiary/aromatic N) is 2. The minimum absolute atomic E-state index is 0.267. The molecule has 0 amide bonds.